The number of nitrogens with zero attached hydrogens (tertiary/aromatic N) is 6. The van der Waals surface area contributed by atoms with Gasteiger partial charge in [0.15, 0.2) is 10.6 Å². The maximum atomic E-state index is 5.66. The van der Waals surface area contributed by atoms with E-state index in [0.717, 1.165) is 29.2 Å². The second-order valence-corrected chi connectivity index (χ2v) is 7.17. The molecule has 0 saturated heterocycles. The Bertz CT molecular complexity index is 927. The van der Waals surface area contributed by atoms with Gasteiger partial charge in [0, 0.05) is 50.8 Å². The fourth-order valence-corrected chi connectivity index (χ4v) is 3.34. The maximum Gasteiger partial charge on any atom is 0.199 e. The average Bonchev–Trinajstić information content (AvgIpc) is 2.98. The van der Waals surface area contributed by atoms with Gasteiger partial charge in [0.2, 0.25) is 0 Å². The Morgan fingerprint density at radius 2 is 1.67 bits per heavy atom. The molecule has 0 spiro atoms. The molecular formula is C20H26N6S. The van der Waals surface area contributed by atoms with Crippen molar-refractivity contribution in [2.24, 2.45) is 0 Å². The third-order valence-electron chi connectivity index (χ3n) is 4.46. The topological polar surface area (TPSA) is 42.1 Å². The van der Waals surface area contributed by atoms with Gasteiger partial charge < -0.3 is 9.47 Å². The molecule has 0 unspecified atom stereocenters. The first kappa shape index (κ1) is 19.3. The van der Waals surface area contributed by atoms with E-state index in [-0.39, 0.29) is 0 Å². The summed E-state index contributed by atoms with van der Waals surface area (Å²) >= 11 is 5.66. The van der Waals surface area contributed by atoms with Crippen LogP contribution in [0.4, 0.5) is 5.69 Å². The fourth-order valence-electron chi connectivity index (χ4n) is 3.02. The number of benzene rings is 1. The van der Waals surface area contributed by atoms with Crippen molar-refractivity contribution in [2.45, 2.75) is 26.7 Å². The van der Waals surface area contributed by atoms with Gasteiger partial charge in [0.25, 0.3) is 0 Å². The van der Waals surface area contributed by atoms with Crippen LogP contribution in [0.1, 0.15) is 12.5 Å². The molecule has 0 saturated carbocycles. The Kier molecular flexibility index (Phi) is 6.03. The molecule has 7 heteroatoms. The molecule has 3 rings (SSSR count). The highest BCUT2D eigenvalue weighted by atomic mass is 32.1. The summed E-state index contributed by atoms with van der Waals surface area (Å²) in [7, 11) is 6.18. The summed E-state index contributed by atoms with van der Waals surface area (Å²) in [6.45, 7) is 4.34. The van der Waals surface area contributed by atoms with Crippen molar-refractivity contribution in [3.8, 4) is 11.4 Å². The molecule has 0 atom stereocenters. The Hall–Kier alpha value is -2.51. The van der Waals surface area contributed by atoms with Crippen LogP contribution in [0.5, 0.6) is 0 Å². The molecule has 3 aromatic rings. The summed E-state index contributed by atoms with van der Waals surface area (Å²) in [6, 6.07) is 12.5. The first-order chi connectivity index (χ1) is 13.0. The van der Waals surface area contributed by atoms with E-state index in [2.05, 4.69) is 57.6 Å². The number of rotatable bonds is 7. The highest BCUT2D eigenvalue weighted by Crippen LogP contribution is 2.18. The first-order valence-corrected chi connectivity index (χ1v) is 9.43. The van der Waals surface area contributed by atoms with Crippen LogP contribution in [0.2, 0.25) is 0 Å². The van der Waals surface area contributed by atoms with Crippen LogP contribution in [0.25, 0.3) is 11.4 Å². The molecule has 0 fully saturated rings. The highest BCUT2D eigenvalue weighted by molar-refractivity contribution is 7.71. The number of hydrogen-bond acceptors (Lipinski definition) is 5. The predicted octanol–water partition coefficient (Wildman–Crippen LogP) is 3.65. The minimum atomic E-state index is 0.638. The second kappa shape index (κ2) is 8.45. The molecule has 0 bridgehead atoms. The van der Waals surface area contributed by atoms with E-state index in [0.29, 0.717) is 6.67 Å². The molecule has 27 heavy (non-hydrogen) atoms. The molecule has 2 heterocycles. The van der Waals surface area contributed by atoms with Crippen molar-refractivity contribution in [1.29, 1.82) is 0 Å². The minimum Gasteiger partial charge on any atom is -0.378 e. The molecule has 0 aliphatic heterocycles. The fraction of sp³-hybridized carbons (Fsp3) is 0.350. The molecule has 0 N–H and O–H groups in total. The Morgan fingerprint density at radius 3 is 2.26 bits per heavy atom. The summed E-state index contributed by atoms with van der Waals surface area (Å²) in [5.74, 6) is 0.883. The Labute approximate surface area is 165 Å². The van der Waals surface area contributed by atoms with Crippen LogP contribution in [0.15, 0.2) is 48.8 Å². The zero-order valence-corrected chi connectivity index (χ0v) is 17.1. The van der Waals surface area contributed by atoms with Crippen molar-refractivity contribution < 1.29 is 0 Å². The molecule has 1 aromatic carbocycles. The van der Waals surface area contributed by atoms with E-state index in [9.17, 15) is 0 Å². The van der Waals surface area contributed by atoms with Gasteiger partial charge in [-0.25, -0.2) is 4.68 Å². The lowest BCUT2D eigenvalue weighted by Crippen LogP contribution is -2.22. The summed E-state index contributed by atoms with van der Waals surface area (Å²) in [5.41, 5.74) is 3.49. The van der Waals surface area contributed by atoms with Gasteiger partial charge in [-0.05, 0) is 56.0 Å². The lowest BCUT2D eigenvalue weighted by atomic mass is 10.2. The van der Waals surface area contributed by atoms with Gasteiger partial charge >= 0.3 is 0 Å². The van der Waals surface area contributed by atoms with E-state index in [4.69, 9.17) is 17.3 Å². The lowest BCUT2D eigenvalue weighted by molar-refractivity contribution is 0.244. The van der Waals surface area contributed by atoms with Crippen molar-refractivity contribution >= 4 is 17.9 Å². The quantitative estimate of drug-likeness (QED) is 0.584. The van der Waals surface area contributed by atoms with Crippen molar-refractivity contribution in [1.82, 2.24) is 24.2 Å². The highest BCUT2D eigenvalue weighted by Gasteiger charge is 2.13. The van der Waals surface area contributed by atoms with Gasteiger partial charge in [-0.15, -0.1) is 0 Å². The van der Waals surface area contributed by atoms with Crippen LogP contribution in [0.3, 0.4) is 0 Å². The second-order valence-electron chi connectivity index (χ2n) is 6.80. The Morgan fingerprint density at radius 1 is 1.00 bits per heavy atom. The first-order valence-electron chi connectivity index (χ1n) is 9.02. The zero-order valence-electron chi connectivity index (χ0n) is 16.3. The van der Waals surface area contributed by atoms with Crippen LogP contribution in [-0.2, 0) is 19.8 Å². The van der Waals surface area contributed by atoms with E-state index in [1.807, 2.05) is 30.9 Å². The normalized spacial score (nSPS) is 11.1. The number of aromatic nitrogens is 4. The number of anilines is 1. The van der Waals surface area contributed by atoms with Crippen molar-refractivity contribution in [3.05, 3.63) is 59.1 Å². The van der Waals surface area contributed by atoms with Gasteiger partial charge in [-0.2, -0.15) is 5.10 Å². The largest absolute Gasteiger partial charge is 0.378 e. The molecule has 0 radical (unpaired) electrons. The van der Waals surface area contributed by atoms with Crippen LogP contribution in [0, 0.1) is 4.77 Å². The molecule has 0 aliphatic carbocycles. The van der Waals surface area contributed by atoms with Crippen LogP contribution in [-0.4, -0.2) is 45.4 Å². The number of hydrogen-bond donors (Lipinski definition) is 0. The average molecular weight is 383 g/mol. The third kappa shape index (κ3) is 4.43. The summed E-state index contributed by atoms with van der Waals surface area (Å²) in [6.07, 6.45) is 3.56. The van der Waals surface area contributed by atoms with Crippen molar-refractivity contribution in [2.75, 3.05) is 26.0 Å². The molecule has 142 valence electrons. The van der Waals surface area contributed by atoms with Crippen LogP contribution >= 0.6 is 12.2 Å². The molecule has 0 amide bonds. The zero-order chi connectivity index (χ0) is 19.4. The molecule has 2 aromatic heterocycles. The summed E-state index contributed by atoms with van der Waals surface area (Å²) in [5, 5.41) is 4.77. The van der Waals surface area contributed by atoms with Gasteiger partial charge in [0.1, 0.15) is 0 Å². The van der Waals surface area contributed by atoms with Gasteiger partial charge in [0.05, 0.1) is 6.67 Å². The summed E-state index contributed by atoms with van der Waals surface area (Å²) in [4.78, 5) is 8.40. The minimum absolute atomic E-state index is 0.638. The predicted molar refractivity (Wildman–Crippen MR) is 112 cm³/mol. The maximum absolute atomic E-state index is 5.66. The molecule has 6 nitrogen and oxygen atoms in total. The van der Waals surface area contributed by atoms with E-state index < -0.39 is 0 Å². The third-order valence-corrected chi connectivity index (χ3v) is 4.89. The Balaban J connectivity index is 1.77. The van der Waals surface area contributed by atoms with Gasteiger partial charge in [-0.1, -0.05) is 12.1 Å². The smallest absolute Gasteiger partial charge is 0.199 e. The van der Waals surface area contributed by atoms with E-state index in [1.54, 1.807) is 12.4 Å². The van der Waals surface area contributed by atoms with E-state index >= 15 is 0 Å². The monoisotopic (exact) mass is 382 g/mol. The standard InChI is InChI=1S/C20H26N6S/c1-5-25-19(17-10-12-21-13-11-17)22-26(20(25)27)15-24(4)14-16-6-8-18(9-7-16)23(2)3/h6-13H,5,14-15H2,1-4H3. The van der Waals surface area contributed by atoms with E-state index in [1.165, 1.54) is 11.3 Å². The van der Waals surface area contributed by atoms with Crippen LogP contribution < -0.4 is 4.90 Å². The molecular weight excluding hydrogens is 356 g/mol. The SMILES string of the molecule is CCn1c(-c2ccncc2)nn(CN(C)Cc2ccc(N(C)C)cc2)c1=S. The van der Waals surface area contributed by atoms with Crippen molar-refractivity contribution in [3.63, 3.8) is 0 Å². The lowest BCUT2D eigenvalue weighted by Gasteiger charge is -2.18. The molecule has 0 aliphatic rings. The van der Waals surface area contributed by atoms with Gasteiger partial charge in [-0.3, -0.25) is 9.88 Å². The summed E-state index contributed by atoms with van der Waals surface area (Å²) < 4.78 is 4.69. The number of pyridine rings is 1.